The number of nitrogens with zero attached hydrogens (tertiary/aromatic N) is 3. The second-order valence-corrected chi connectivity index (χ2v) is 3.92. The van der Waals surface area contributed by atoms with Crippen LogP contribution in [0.15, 0.2) is 24.4 Å². The van der Waals surface area contributed by atoms with Crippen molar-refractivity contribution in [1.29, 1.82) is 5.26 Å². The summed E-state index contributed by atoms with van der Waals surface area (Å²) in [7, 11) is 0. The third-order valence-corrected chi connectivity index (χ3v) is 2.34. The first-order valence-electron chi connectivity index (χ1n) is 5.48. The highest BCUT2D eigenvalue weighted by Crippen LogP contribution is 2.24. The summed E-state index contributed by atoms with van der Waals surface area (Å²) in [5.41, 5.74) is 5.65. The monoisotopic (exact) mass is 276 g/mol. The summed E-state index contributed by atoms with van der Waals surface area (Å²) in [4.78, 5) is 25.5. The smallest absolute Gasteiger partial charge is 0.406 e. The molecule has 0 saturated heterocycles. The van der Waals surface area contributed by atoms with E-state index in [9.17, 15) is 14.9 Å². The number of rotatable bonds is 6. The lowest BCUT2D eigenvalue weighted by atomic mass is 10.0. The van der Waals surface area contributed by atoms with Crippen LogP contribution in [0.2, 0.25) is 0 Å². The quantitative estimate of drug-likeness (QED) is 0.601. The number of nitro groups is 1. The van der Waals surface area contributed by atoms with Gasteiger partial charge in [0.25, 0.3) is 0 Å². The molecule has 0 unspecified atom stereocenters. The molecule has 1 atom stereocenters. The maximum atomic E-state index is 11.7. The average Bonchev–Trinajstić information content (AvgIpc) is 2.37. The molecule has 0 fully saturated rings. The van der Waals surface area contributed by atoms with Crippen LogP contribution in [0.4, 0.5) is 5.82 Å². The number of allylic oxidation sites excluding steroid dienone is 1. The lowest BCUT2D eigenvalue weighted by Crippen LogP contribution is -2.25. The minimum Gasteiger partial charge on any atom is -0.478 e. The van der Waals surface area contributed by atoms with Crippen molar-refractivity contribution in [3.63, 3.8) is 0 Å². The number of aromatic nitrogens is 1. The molecule has 0 amide bonds. The number of hydrogen-bond donors (Lipinski definition) is 1. The zero-order chi connectivity index (χ0) is 15.3. The van der Waals surface area contributed by atoms with Crippen LogP contribution in [-0.2, 0) is 4.79 Å². The number of carbonyl (C=O) groups is 1. The van der Waals surface area contributed by atoms with Gasteiger partial charge in [-0.1, -0.05) is 6.58 Å². The number of ether oxygens (including phenoxy) is 1. The van der Waals surface area contributed by atoms with Crippen LogP contribution < -0.4 is 10.5 Å². The fraction of sp³-hybridized carbons (Fsp3) is 0.250. The van der Waals surface area contributed by atoms with Crippen molar-refractivity contribution in [3.05, 3.63) is 40.2 Å². The van der Waals surface area contributed by atoms with Gasteiger partial charge in [-0.3, -0.25) is 4.79 Å². The van der Waals surface area contributed by atoms with Crippen molar-refractivity contribution in [2.45, 2.75) is 6.92 Å². The summed E-state index contributed by atoms with van der Waals surface area (Å²) in [6.07, 6.45) is 0. The van der Waals surface area contributed by atoms with Crippen LogP contribution in [-0.4, -0.2) is 22.3 Å². The summed E-state index contributed by atoms with van der Waals surface area (Å²) in [6, 6.07) is 4.53. The Kier molecular flexibility index (Phi) is 4.75. The van der Waals surface area contributed by atoms with Gasteiger partial charge in [-0.25, -0.2) is 0 Å². The fourth-order valence-corrected chi connectivity index (χ4v) is 1.37. The van der Waals surface area contributed by atoms with E-state index >= 15 is 0 Å². The lowest BCUT2D eigenvalue weighted by molar-refractivity contribution is -0.390. The minimum absolute atomic E-state index is 0.0994. The maximum Gasteiger partial charge on any atom is 0.406 e. The highest BCUT2D eigenvalue weighted by molar-refractivity contribution is 5.87. The number of hydrogen-bond acceptors (Lipinski definition) is 7. The number of carbonyl (C=O) groups excluding carboxylic acids is 1. The molecular formula is C12H12N4O4. The Morgan fingerprint density at radius 1 is 1.70 bits per heavy atom. The Labute approximate surface area is 114 Å². The highest BCUT2D eigenvalue weighted by Gasteiger charge is 2.23. The van der Waals surface area contributed by atoms with E-state index in [-0.39, 0.29) is 11.4 Å². The predicted molar refractivity (Wildman–Crippen MR) is 68.6 cm³/mol. The van der Waals surface area contributed by atoms with Gasteiger partial charge in [0, 0.05) is 12.6 Å². The molecule has 1 rings (SSSR count). The average molecular weight is 276 g/mol. The van der Waals surface area contributed by atoms with Crippen molar-refractivity contribution in [1.82, 2.24) is 4.98 Å². The molecule has 1 heterocycles. The molecule has 0 aromatic carbocycles. The Balaban J connectivity index is 2.86. The molecule has 0 aliphatic heterocycles. The van der Waals surface area contributed by atoms with Gasteiger partial charge in [0.05, 0.1) is 6.07 Å². The van der Waals surface area contributed by atoms with E-state index in [4.69, 9.17) is 15.7 Å². The van der Waals surface area contributed by atoms with Crippen molar-refractivity contribution < 1.29 is 14.5 Å². The molecule has 20 heavy (non-hydrogen) atoms. The molecule has 0 saturated carbocycles. The van der Waals surface area contributed by atoms with Crippen LogP contribution in [0.3, 0.4) is 0 Å². The largest absolute Gasteiger partial charge is 0.478 e. The van der Waals surface area contributed by atoms with E-state index in [1.165, 1.54) is 12.1 Å². The first-order valence-corrected chi connectivity index (χ1v) is 5.48. The predicted octanol–water partition coefficient (Wildman–Crippen LogP) is 0.858. The van der Waals surface area contributed by atoms with Crippen LogP contribution in [0.25, 0.3) is 0 Å². The van der Waals surface area contributed by atoms with Crippen molar-refractivity contribution >= 4 is 11.6 Å². The highest BCUT2D eigenvalue weighted by atomic mass is 16.6. The maximum absolute atomic E-state index is 11.7. The second-order valence-electron chi connectivity index (χ2n) is 3.92. The Hall–Kier alpha value is -2.95. The number of aryl methyl sites for hydroxylation is 1. The number of pyridine rings is 1. The number of Topliss-reactive ketones (excluding diaryl/α,β-unsaturated/α-hetero) is 1. The van der Waals surface area contributed by atoms with Gasteiger partial charge in [-0.05, 0) is 22.0 Å². The van der Waals surface area contributed by atoms with Gasteiger partial charge in [0.1, 0.15) is 18.2 Å². The molecule has 104 valence electrons. The van der Waals surface area contributed by atoms with E-state index in [2.05, 4.69) is 11.6 Å². The molecule has 0 aliphatic carbocycles. The Morgan fingerprint density at radius 3 is 2.85 bits per heavy atom. The molecule has 1 aromatic heterocycles. The normalized spacial score (nSPS) is 11.2. The van der Waals surface area contributed by atoms with E-state index in [1.807, 2.05) is 0 Å². The summed E-state index contributed by atoms with van der Waals surface area (Å²) in [6.45, 7) is 4.38. The van der Waals surface area contributed by atoms with Crippen molar-refractivity contribution in [2.24, 2.45) is 11.7 Å². The topological polar surface area (TPSA) is 132 Å². The van der Waals surface area contributed by atoms with Crippen molar-refractivity contribution in [3.8, 4) is 11.8 Å². The third-order valence-electron chi connectivity index (χ3n) is 2.34. The molecule has 1 aromatic rings. The summed E-state index contributed by atoms with van der Waals surface area (Å²) in [5, 5.41) is 19.6. The van der Waals surface area contributed by atoms with Gasteiger partial charge < -0.3 is 20.6 Å². The molecule has 0 spiro atoms. The molecule has 0 bridgehead atoms. The van der Waals surface area contributed by atoms with Crippen LogP contribution in [0, 0.1) is 34.3 Å². The van der Waals surface area contributed by atoms with E-state index < -0.39 is 29.0 Å². The van der Waals surface area contributed by atoms with Crippen LogP contribution >= 0.6 is 0 Å². The Morgan fingerprint density at radius 2 is 2.35 bits per heavy atom. The van der Waals surface area contributed by atoms with E-state index in [1.54, 1.807) is 13.0 Å². The Bertz CT molecular complexity index is 606. The van der Waals surface area contributed by atoms with E-state index in [0.29, 0.717) is 5.69 Å². The molecule has 8 heteroatoms. The molecule has 0 radical (unpaired) electrons. The second kappa shape index (κ2) is 6.29. The van der Waals surface area contributed by atoms with Gasteiger partial charge in [-0.2, -0.15) is 5.26 Å². The molecular weight excluding hydrogens is 264 g/mol. The molecule has 2 N–H and O–H groups in total. The lowest BCUT2D eigenvalue weighted by Gasteiger charge is -2.09. The van der Waals surface area contributed by atoms with Gasteiger partial charge in [-0.15, -0.1) is 0 Å². The zero-order valence-corrected chi connectivity index (χ0v) is 10.7. The SMILES string of the molecule is C=C(N)[C@@H](C#N)C(=O)COc1ccc(C)nc1[N+](=O)[O-]. The third kappa shape index (κ3) is 3.52. The first-order chi connectivity index (χ1) is 9.36. The van der Waals surface area contributed by atoms with E-state index in [0.717, 1.165) is 0 Å². The van der Waals surface area contributed by atoms with Crippen LogP contribution in [0.5, 0.6) is 5.75 Å². The fourth-order valence-electron chi connectivity index (χ4n) is 1.37. The molecule has 0 aliphatic rings. The van der Waals surface area contributed by atoms with Gasteiger partial charge in [0.2, 0.25) is 5.75 Å². The minimum atomic E-state index is -1.20. The first kappa shape index (κ1) is 15.1. The number of nitriles is 1. The number of ketones is 1. The van der Waals surface area contributed by atoms with Crippen molar-refractivity contribution in [2.75, 3.05) is 6.61 Å². The summed E-state index contributed by atoms with van der Waals surface area (Å²) >= 11 is 0. The summed E-state index contributed by atoms with van der Waals surface area (Å²) < 4.78 is 5.05. The standard InChI is InChI=1S/C12H12N4O4/c1-7-3-4-11(12(15-7)16(18)19)20-6-10(17)9(5-13)8(2)14/h3-4,9H,2,6,14H2,1H3/t9-/m1/s1. The molecule has 8 nitrogen and oxygen atoms in total. The number of nitrogens with two attached hydrogens (primary N) is 1. The van der Waals surface area contributed by atoms with Gasteiger partial charge >= 0.3 is 5.82 Å². The zero-order valence-electron chi connectivity index (χ0n) is 10.7. The van der Waals surface area contributed by atoms with Crippen LogP contribution in [0.1, 0.15) is 5.69 Å². The van der Waals surface area contributed by atoms with Gasteiger partial charge in [0.15, 0.2) is 5.78 Å². The summed E-state index contributed by atoms with van der Waals surface area (Å²) in [5.74, 6) is -2.46.